The van der Waals surface area contributed by atoms with Crippen LogP contribution in [0, 0.1) is 13.8 Å². The van der Waals surface area contributed by atoms with Crippen LogP contribution in [0.1, 0.15) is 29.4 Å². The summed E-state index contributed by atoms with van der Waals surface area (Å²) in [6.45, 7) is 4.51. The number of carbonyl (C=O) groups is 1. The minimum Gasteiger partial charge on any atom is -0.334 e. The lowest BCUT2D eigenvalue weighted by molar-refractivity contribution is -0.117. The predicted molar refractivity (Wildman–Crippen MR) is 93.2 cm³/mol. The molecule has 0 bridgehead atoms. The summed E-state index contributed by atoms with van der Waals surface area (Å²) < 4.78 is 5.36. The van der Waals surface area contributed by atoms with E-state index in [9.17, 15) is 4.79 Å². The second-order valence-electron chi connectivity index (χ2n) is 6.39. The van der Waals surface area contributed by atoms with E-state index in [0.29, 0.717) is 24.7 Å². The number of aromatic nitrogens is 3. The molecule has 3 aromatic rings. The van der Waals surface area contributed by atoms with Gasteiger partial charge in [-0.2, -0.15) is 4.98 Å². The van der Waals surface area contributed by atoms with Crippen molar-refractivity contribution >= 4 is 11.6 Å². The molecule has 3 heterocycles. The molecule has 0 radical (unpaired) electrons. The summed E-state index contributed by atoms with van der Waals surface area (Å²) in [6.07, 6.45) is 2.10. The van der Waals surface area contributed by atoms with Crippen molar-refractivity contribution in [1.82, 2.24) is 15.1 Å². The highest BCUT2D eigenvalue weighted by Crippen LogP contribution is 2.31. The van der Waals surface area contributed by atoms with Gasteiger partial charge in [-0.1, -0.05) is 22.9 Å². The number of amides is 1. The molecule has 0 aliphatic carbocycles. The third kappa shape index (κ3) is 3.03. The maximum Gasteiger partial charge on any atom is 0.259 e. The molecule has 6 nitrogen and oxygen atoms in total. The van der Waals surface area contributed by atoms with Crippen molar-refractivity contribution < 1.29 is 9.32 Å². The standard InChI is InChI=1S/C19H18N4O2/c1-12-3-7-16(8-4-12)23-11-15(9-17(23)24)18-21-19(25-22-18)14-6-5-13(2)20-10-14/h3-8,10,15H,9,11H2,1-2H3/t15-/m1/s1. The van der Waals surface area contributed by atoms with Gasteiger partial charge < -0.3 is 9.42 Å². The zero-order valence-corrected chi connectivity index (χ0v) is 14.1. The fraction of sp³-hybridized carbons (Fsp3) is 0.263. The van der Waals surface area contributed by atoms with E-state index in [-0.39, 0.29) is 11.8 Å². The summed E-state index contributed by atoms with van der Waals surface area (Å²) in [7, 11) is 0. The zero-order chi connectivity index (χ0) is 17.4. The van der Waals surface area contributed by atoms with E-state index < -0.39 is 0 Å². The first-order valence-corrected chi connectivity index (χ1v) is 8.24. The van der Waals surface area contributed by atoms with Crippen LogP contribution >= 0.6 is 0 Å². The average Bonchev–Trinajstić information content (AvgIpc) is 3.23. The molecule has 0 saturated carbocycles. The van der Waals surface area contributed by atoms with Crippen molar-refractivity contribution in [3.8, 4) is 11.5 Å². The summed E-state index contributed by atoms with van der Waals surface area (Å²) >= 11 is 0. The molecule has 0 spiro atoms. The number of rotatable bonds is 3. The summed E-state index contributed by atoms with van der Waals surface area (Å²) in [6, 6.07) is 11.7. The quantitative estimate of drug-likeness (QED) is 0.735. The average molecular weight is 334 g/mol. The smallest absolute Gasteiger partial charge is 0.259 e. The maximum absolute atomic E-state index is 12.4. The lowest BCUT2D eigenvalue weighted by Crippen LogP contribution is -2.24. The Morgan fingerprint density at radius 3 is 2.64 bits per heavy atom. The van der Waals surface area contributed by atoms with Crippen molar-refractivity contribution in [3.63, 3.8) is 0 Å². The van der Waals surface area contributed by atoms with Crippen LogP contribution in [0.5, 0.6) is 0 Å². The van der Waals surface area contributed by atoms with Crippen molar-refractivity contribution in [3.05, 3.63) is 59.7 Å². The third-order valence-electron chi connectivity index (χ3n) is 4.44. The van der Waals surface area contributed by atoms with Crippen LogP contribution < -0.4 is 4.90 Å². The SMILES string of the molecule is Cc1ccc(N2C[C@H](c3noc(-c4ccc(C)nc4)n3)CC2=O)cc1. The minimum atomic E-state index is -0.0651. The highest BCUT2D eigenvalue weighted by Gasteiger charge is 2.34. The molecule has 1 aliphatic rings. The van der Waals surface area contributed by atoms with Crippen LogP contribution in [0.2, 0.25) is 0 Å². The largest absolute Gasteiger partial charge is 0.334 e. The van der Waals surface area contributed by atoms with Crippen LogP contribution in [-0.4, -0.2) is 27.6 Å². The molecule has 126 valence electrons. The Morgan fingerprint density at radius 2 is 1.92 bits per heavy atom. The van der Waals surface area contributed by atoms with E-state index in [0.717, 1.165) is 16.9 Å². The molecule has 6 heteroatoms. The number of hydrogen-bond donors (Lipinski definition) is 0. The number of aryl methyl sites for hydroxylation is 2. The molecule has 1 fully saturated rings. The van der Waals surface area contributed by atoms with Crippen molar-refractivity contribution in [2.24, 2.45) is 0 Å². The lowest BCUT2D eigenvalue weighted by Gasteiger charge is -2.16. The highest BCUT2D eigenvalue weighted by molar-refractivity contribution is 5.96. The molecule has 1 saturated heterocycles. The summed E-state index contributed by atoms with van der Waals surface area (Å²) in [5, 5.41) is 4.08. The van der Waals surface area contributed by atoms with E-state index in [1.807, 2.05) is 50.2 Å². The zero-order valence-electron chi connectivity index (χ0n) is 14.1. The van der Waals surface area contributed by atoms with Gasteiger partial charge in [0.05, 0.1) is 5.56 Å². The Bertz CT molecular complexity index is 900. The van der Waals surface area contributed by atoms with Crippen molar-refractivity contribution in [2.75, 3.05) is 11.4 Å². The topological polar surface area (TPSA) is 72.1 Å². The van der Waals surface area contributed by atoms with Gasteiger partial charge in [0.1, 0.15) is 0 Å². The van der Waals surface area contributed by atoms with Crippen molar-refractivity contribution in [2.45, 2.75) is 26.2 Å². The Balaban J connectivity index is 1.54. The van der Waals surface area contributed by atoms with E-state index in [2.05, 4.69) is 15.1 Å². The lowest BCUT2D eigenvalue weighted by atomic mass is 10.1. The Kier molecular flexibility index (Phi) is 3.80. The third-order valence-corrected chi connectivity index (χ3v) is 4.44. The van der Waals surface area contributed by atoms with Gasteiger partial charge in [-0.3, -0.25) is 9.78 Å². The van der Waals surface area contributed by atoms with Crippen molar-refractivity contribution in [1.29, 1.82) is 0 Å². The first-order valence-electron chi connectivity index (χ1n) is 8.24. The Labute approximate surface area is 145 Å². The van der Waals surface area contributed by atoms with Gasteiger partial charge in [-0.15, -0.1) is 0 Å². The second-order valence-corrected chi connectivity index (χ2v) is 6.39. The van der Waals surface area contributed by atoms with Gasteiger partial charge in [0.2, 0.25) is 5.91 Å². The molecule has 2 aromatic heterocycles. The van der Waals surface area contributed by atoms with Crippen LogP contribution in [0.15, 0.2) is 47.1 Å². The molecule has 25 heavy (non-hydrogen) atoms. The number of hydrogen-bond acceptors (Lipinski definition) is 5. The first-order chi connectivity index (χ1) is 12.1. The number of nitrogens with zero attached hydrogens (tertiary/aromatic N) is 4. The van der Waals surface area contributed by atoms with Gasteiger partial charge >= 0.3 is 0 Å². The monoisotopic (exact) mass is 334 g/mol. The fourth-order valence-electron chi connectivity index (χ4n) is 2.97. The number of carbonyl (C=O) groups excluding carboxylic acids is 1. The fourth-order valence-corrected chi connectivity index (χ4v) is 2.97. The molecule has 4 rings (SSSR count). The van der Waals surface area contributed by atoms with Gasteiger partial charge in [0.15, 0.2) is 5.82 Å². The highest BCUT2D eigenvalue weighted by atomic mass is 16.5. The molecule has 1 atom stereocenters. The van der Waals surface area contributed by atoms with E-state index in [1.165, 1.54) is 5.56 Å². The van der Waals surface area contributed by atoms with E-state index in [1.54, 1.807) is 11.1 Å². The Morgan fingerprint density at radius 1 is 1.12 bits per heavy atom. The summed E-state index contributed by atoms with van der Waals surface area (Å²) in [5.74, 6) is 1.02. The first kappa shape index (κ1) is 15.5. The van der Waals surface area contributed by atoms with Crippen LogP contribution in [0.3, 0.4) is 0 Å². The van der Waals surface area contributed by atoms with Gasteiger partial charge in [-0.25, -0.2) is 0 Å². The molecular weight excluding hydrogens is 316 g/mol. The summed E-state index contributed by atoms with van der Waals surface area (Å²) in [5.41, 5.74) is 3.79. The number of anilines is 1. The van der Waals surface area contributed by atoms with Crippen LogP contribution in [0.4, 0.5) is 5.69 Å². The normalized spacial score (nSPS) is 17.3. The Hall–Kier alpha value is -3.02. The molecule has 0 unspecified atom stereocenters. The predicted octanol–water partition coefficient (Wildman–Crippen LogP) is 3.27. The minimum absolute atomic E-state index is 0.0651. The maximum atomic E-state index is 12.4. The molecular formula is C19H18N4O2. The van der Waals surface area contributed by atoms with Gasteiger partial charge in [0.25, 0.3) is 5.89 Å². The molecule has 1 amide bonds. The number of pyridine rings is 1. The van der Waals surface area contributed by atoms with Gasteiger partial charge in [-0.05, 0) is 38.1 Å². The van der Waals surface area contributed by atoms with Crippen LogP contribution in [0.25, 0.3) is 11.5 Å². The number of benzene rings is 1. The molecule has 1 aromatic carbocycles. The van der Waals surface area contributed by atoms with Crippen LogP contribution in [-0.2, 0) is 4.79 Å². The van der Waals surface area contributed by atoms with E-state index >= 15 is 0 Å². The second kappa shape index (κ2) is 6.12. The molecule has 0 N–H and O–H groups in total. The van der Waals surface area contributed by atoms with Gasteiger partial charge in [0, 0.05) is 36.5 Å². The van der Waals surface area contributed by atoms with E-state index in [4.69, 9.17) is 4.52 Å². The summed E-state index contributed by atoms with van der Waals surface area (Å²) in [4.78, 5) is 22.9. The molecule has 1 aliphatic heterocycles.